The van der Waals surface area contributed by atoms with Crippen molar-refractivity contribution in [2.75, 3.05) is 11.1 Å². The molecule has 0 aliphatic rings. The molecule has 0 radical (unpaired) electrons. The zero-order chi connectivity index (χ0) is 15.6. The van der Waals surface area contributed by atoms with Gasteiger partial charge in [0.1, 0.15) is 5.82 Å². The van der Waals surface area contributed by atoms with Gasteiger partial charge in [0.05, 0.1) is 16.9 Å². The van der Waals surface area contributed by atoms with Crippen molar-refractivity contribution in [3.63, 3.8) is 0 Å². The first-order valence-electron chi connectivity index (χ1n) is 6.18. The fraction of sp³-hybridized carbons (Fsp3) is 0.143. The molecule has 0 spiro atoms. The highest BCUT2D eigenvalue weighted by molar-refractivity contribution is 9.10. The summed E-state index contributed by atoms with van der Waals surface area (Å²) in [5, 5.41) is 2.64. The first kappa shape index (κ1) is 15.2. The largest absolute Gasteiger partial charge is 0.396 e. The maximum Gasteiger partial charge on any atom is 0.256 e. The molecule has 110 valence electrons. The van der Waals surface area contributed by atoms with E-state index in [1.807, 2.05) is 6.92 Å². The molecule has 2 aromatic rings. The number of hydrogen-bond acceptors (Lipinski definition) is 3. The number of carbonyl (C=O) groups excluding carboxylic acids is 1. The molecule has 0 saturated carbocycles. The zero-order valence-corrected chi connectivity index (χ0v) is 12.8. The lowest BCUT2D eigenvalue weighted by Crippen LogP contribution is -2.20. The van der Waals surface area contributed by atoms with Gasteiger partial charge in [-0.25, -0.2) is 4.39 Å². The van der Waals surface area contributed by atoms with E-state index in [1.165, 1.54) is 22.8 Å². The van der Waals surface area contributed by atoms with Crippen molar-refractivity contribution in [3.8, 4) is 0 Å². The smallest absolute Gasteiger partial charge is 0.256 e. The molecular weight excluding hydrogens is 341 g/mol. The summed E-state index contributed by atoms with van der Waals surface area (Å²) in [6, 6.07) is 5.27. The number of aromatic nitrogens is 1. The molecule has 21 heavy (non-hydrogen) atoms. The van der Waals surface area contributed by atoms with E-state index < -0.39 is 11.7 Å². The number of rotatable bonds is 3. The Morgan fingerprint density at radius 3 is 2.81 bits per heavy atom. The molecule has 0 atom stereocenters. The summed E-state index contributed by atoms with van der Waals surface area (Å²) < 4.78 is 15.0. The molecule has 1 amide bonds. The third-order valence-electron chi connectivity index (χ3n) is 2.91. The number of hydrogen-bond donors (Lipinski definition) is 2. The molecule has 0 unspecified atom stereocenters. The summed E-state index contributed by atoms with van der Waals surface area (Å²) in [7, 11) is 0. The summed E-state index contributed by atoms with van der Waals surface area (Å²) in [5.74, 6) is -1.05. The maximum atomic E-state index is 13.3. The van der Waals surface area contributed by atoms with Crippen molar-refractivity contribution >= 4 is 33.2 Å². The Hall–Kier alpha value is -2.15. The van der Waals surface area contributed by atoms with Crippen LogP contribution in [0.15, 0.2) is 39.7 Å². The summed E-state index contributed by atoms with van der Waals surface area (Å²) in [6.07, 6.45) is 1.54. The molecule has 1 aromatic carbocycles. The molecule has 0 fully saturated rings. The van der Waals surface area contributed by atoms with Crippen LogP contribution in [-0.2, 0) is 6.54 Å². The lowest BCUT2D eigenvalue weighted by molar-refractivity contribution is 0.102. The van der Waals surface area contributed by atoms with Crippen molar-refractivity contribution in [1.29, 1.82) is 0 Å². The second kappa shape index (κ2) is 6.09. The predicted octanol–water partition coefficient (Wildman–Crippen LogP) is 2.60. The molecule has 1 heterocycles. The summed E-state index contributed by atoms with van der Waals surface area (Å²) in [5.41, 5.74) is 5.89. The molecule has 0 saturated heterocycles. The van der Waals surface area contributed by atoms with E-state index in [0.29, 0.717) is 16.7 Å². The normalized spacial score (nSPS) is 10.4. The number of nitrogens with two attached hydrogens (primary N) is 1. The van der Waals surface area contributed by atoms with Crippen LogP contribution >= 0.6 is 15.9 Å². The Morgan fingerprint density at radius 2 is 2.14 bits per heavy atom. The SMILES string of the molecule is CCn1cc(NC(=O)c2cc(N)c(F)cc2Br)ccc1=O. The first-order chi connectivity index (χ1) is 9.92. The Balaban J connectivity index is 2.30. The van der Waals surface area contributed by atoms with Gasteiger partial charge < -0.3 is 15.6 Å². The monoisotopic (exact) mass is 353 g/mol. The molecule has 1 aromatic heterocycles. The van der Waals surface area contributed by atoms with Crippen LogP contribution in [0.25, 0.3) is 0 Å². The van der Waals surface area contributed by atoms with Gasteiger partial charge in [0.15, 0.2) is 0 Å². The number of nitrogens with zero attached hydrogens (tertiary/aromatic N) is 1. The third kappa shape index (κ3) is 3.30. The molecule has 0 aliphatic carbocycles. The van der Waals surface area contributed by atoms with Crippen molar-refractivity contribution in [1.82, 2.24) is 4.57 Å². The Morgan fingerprint density at radius 1 is 1.43 bits per heavy atom. The minimum absolute atomic E-state index is 0.109. The van der Waals surface area contributed by atoms with Gasteiger partial charge >= 0.3 is 0 Å². The number of anilines is 2. The van der Waals surface area contributed by atoms with E-state index in [-0.39, 0.29) is 16.8 Å². The number of amides is 1. The highest BCUT2D eigenvalue weighted by Crippen LogP contribution is 2.23. The fourth-order valence-electron chi connectivity index (χ4n) is 1.79. The average molecular weight is 354 g/mol. The molecule has 5 nitrogen and oxygen atoms in total. The Bertz CT molecular complexity index is 758. The van der Waals surface area contributed by atoms with Crippen molar-refractivity contribution in [2.24, 2.45) is 0 Å². The van der Waals surface area contributed by atoms with Crippen molar-refractivity contribution < 1.29 is 9.18 Å². The van der Waals surface area contributed by atoms with E-state index in [0.717, 1.165) is 6.07 Å². The van der Waals surface area contributed by atoms with E-state index in [9.17, 15) is 14.0 Å². The molecule has 0 bridgehead atoms. The van der Waals surface area contributed by atoms with Crippen LogP contribution in [0.1, 0.15) is 17.3 Å². The van der Waals surface area contributed by atoms with Gasteiger partial charge in [-0.2, -0.15) is 0 Å². The van der Waals surface area contributed by atoms with Crippen LogP contribution in [-0.4, -0.2) is 10.5 Å². The van der Waals surface area contributed by atoms with Crippen LogP contribution in [0.5, 0.6) is 0 Å². The van der Waals surface area contributed by atoms with Crippen molar-refractivity contribution in [2.45, 2.75) is 13.5 Å². The highest BCUT2D eigenvalue weighted by Gasteiger charge is 2.14. The van der Waals surface area contributed by atoms with Crippen LogP contribution in [0.2, 0.25) is 0 Å². The van der Waals surface area contributed by atoms with Gasteiger partial charge in [-0.05, 0) is 41.1 Å². The highest BCUT2D eigenvalue weighted by atomic mass is 79.9. The number of aryl methyl sites for hydroxylation is 1. The average Bonchev–Trinajstić information content (AvgIpc) is 2.44. The lowest BCUT2D eigenvalue weighted by Gasteiger charge is -2.10. The molecule has 7 heteroatoms. The minimum atomic E-state index is -0.599. The first-order valence-corrected chi connectivity index (χ1v) is 6.98. The van der Waals surface area contributed by atoms with Gasteiger partial charge in [0, 0.05) is 23.3 Å². The number of carbonyl (C=O) groups is 1. The van der Waals surface area contributed by atoms with Gasteiger partial charge in [0.25, 0.3) is 11.5 Å². The fourth-order valence-corrected chi connectivity index (χ4v) is 2.29. The lowest BCUT2D eigenvalue weighted by atomic mass is 10.2. The van der Waals surface area contributed by atoms with Crippen LogP contribution in [0, 0.1) is 5.82 Å². The van der Waals surface area contributed by atoms with Crippen LogP contribution < -0.4 is 16.6 Å². The standard InChI is InChI=1S/C14H13BrFN3O2/c1-2-19-7-8(3-4-13(19)20)18-14(21)9-5-12(17)11(16)6-10(9)15/h3-7H,2,17H2,1H3,(H,18,21). The van der Waals surface area contributed by atoms with Gasteiger partial charge in [-0.3, -0.25) is 9.59 Å². The number of pyridine rings is 1. The van der Waals surface area contributed by atoms with Crippen LogP contribution in [0.4, 0.5) is 15.8 Å². The van der Waals surface area contributed by atoms with E-state index in [4.69, 9.17) is 5.73 Å². The van der Waals surface area contributed by atoms with E-state index in [1.54, 1.807) is 6.20 Å². The number of nitrogen functional groups attached to an aromatic ring is 1. The second-order valence-electron chi connectivity index (χ2n) is 4.35. The van der Waals surface area contributed by atoms with Crippen molar-refractivity contribution in [3.05, 3.63) is 56.7 Å². The molecule has 0 aliphatic heterocycles. The summed E-state index contributed by atoms with van der Waals surface area (Å²) >= 11 is 3.12. The maximum absolute atomic E-state index is 13.3. The Kier molecular flexibility index (Phi) is 4.42. The molecule has 3 N–H and O–H groups in total. The van der Waals surface area contributed by atoms with E-state index >= 15 is 0 Å². The van der Waals surface area contributed by atoms with Gasteiger partial charge in [0.2, 0.25) is 0 Å². The van der Waals surface area contributed by atoms with Gasteiger partial charge in [-0.15, -0.1) is 0 Å². The summed E-state index contributed by atoms with van der Waals surface area (Å²) in [6.45, 7) is 2.32. The second-order valence-corrected chi connectivity index (χ2v) is 5.20. The minimum Gasteiger partial charge on any atom is -0.396 e. The predicted molar refractivity (Wildman–Crippen MR) is 82.8 cm³/mol. The van der Waals surface area contributed by atoms with Gasteiger partial charge in [-0.1, -0.05) is 0 Å². The molecule has 2 rings (SSSR count). The quantitative estimate of drug-likeness (QED) is 0.832. The van der Waals surface area contributed by atoms with Crippen LogP contribution in [0.3, 0.4) is 0 Å². The topological polar surface area (TPSA) is 77.1 Å². The number of halogens is 2. The number of nitrogens with one attached hydrogen (secondary N) is 1. The van der Waals surface area contributed by atoms with E-state index in [2.05, 4.69) is 21.2 Å². The zero-order valence-electron chi connectivity index (χ0n) is 11.2. The Labute approximate surface area is 128 Å². The third-order valence-corrected chi connectivity index (χ3v) is 3.57. The summed E-state index contributed by atoms with van der Waals surface area (Å²) in [4.78, 5) is 23.7. The number of benzene rings is 1. The molecular formula is C14H13BrFN3O2.